The number of likely N-dealkylation sites (N-methyl/N-ethyl adjacent to an activating group) is 1. The fourth-order valence-electron chi connectivity index (χ4n) is 1.29. The van der Waals surface area contributed by atoms with Gasteiger partial charge >= 0.3 is 0 Å². The van der Waals surface area contributed by atoms with Gasteiger partial charge in [0.15, 0.2) is 5.72 Å². The van der Waals surface area contributed by atoms with Crippen LogP contribution < -0.4 is 0 Å². The third-order valence-electron chi connectivity index (χ3n) is 2.19. The minimum absolute atomic E-state index is 0.142. The first-order valence-electron chi connectivity index (χ1n) is 3.15. The number of hydrogen-bond acceptors (Lipinski definition) is 2. The maximum absolute atomic E-state index is 10.9. The van der Waals surface area contributed by atoms with Gasteiger partial charge in [0.2, 0.25) is 5.91 Å². The van der Waals surface area contributed by atoms with Gasteiger partial charge in [-0.1, -0.05) is 0 Å². The van der Waals surface area contributed by atoms with Gasteiger partial charge in [-0.3, -0.25) is 4.79 Å². The molecule has 0 radical (unpaired) electrons. The second kappa shape index (κ2) is 1.29. The third-order valence-corrected chi connectivity index (χ3v) is 2.19. The molecule has 2 heterocycles. The van der Waals surface area contributed by atoms with Crippen LogP contribution in [0.4, 0.5) is 0 Å². The molecule has 0 aromatic carbocycles. The Morgan fingerprint density at radius 3 is 2.67 bits per heavy atom. The Morgan fingerprint density at radius 2 is 2.44 bits per heavy atom. The Hall–Kier alpha value is -0.570. The minimum Gasteiger partial charge on any atom is -0.348 e. The maximum atomic E-state index is 10.9. The molecule has 2 aliphatic heterocycles. The summed E-state index contributed by atoms with van der Waals surface area (Å²) in [5.74, 6) is 0.215. The van der Waals surface area contributed by atoms with Crippen molar-refractivity contribution in [2.45, 2.75) is 18.6 Å². The van der Waals surface area contributed by atoms with Crippen molar-refractivity contribution < 1.29 is 9.53 Å². The molecular weight excluding hydrogens is 118 g/mol. The van der Waals surface area contributed by atoms with Crippen molar-refractivity contribution in [3.05, 3.63) is 0 Å². The average molecular weight is 127 g/mol. The summed E-state index contributed by atoms with van der Waals surface area (Å²) in [6.45, 7) is 0.745. The molecule has 0 N–H and O–H groups in total. The van der Waals surface area contributed by atoms with Crippen LogP contribution in [-0.2, 0) is 9.53 Å². The summed E-state index contributed by atoms with van der Waals surface area (Å²) in [6.07, 6.45) is 1.55. The van der Waals surface area contributed by atoms with Gasteiger partial charge in [0, 0.05) is 19.9 Å². The van der Waals surface area contributed by atoms with Gasteiger partial charge < -0.3 is 9.64 Å². The average Bonchev–Trinajstić information content (AvgIpc) is 2.57. The molecule has 0 bridgehead atoms. The molecule has 0 aromatic heterocycles. The van der Waals surface area contributed by atoms with Crippen molar-refractivity contribution in [1.29, 1.82) is 0 Å². The number of likely N-dealkylation sites (tertiary alicyclic amines) is 1. The summed E-state index contributed by atoms with van der Waals surface area (Å²) in [6, 6.07) is 0. The van der Waals surface area contributed by atoms with Crippen molar-refractivity contribution in [2.24, 2.45) is 0 Å². The highest BCUT2D eigenvalue weighted by Crippen LogP contribution is 2.40. The minimum atomic E-state index is -0.142. The monoisotopic (exact) mass is 127 g/mol. The first-order chi connectivity index (χ1) is 4.25. The van der Waals surface area contributed by atoms with Crippen LogP contribution in [-0.4, -0.2) is 30.2 Å². The molecule has 9 heavy (non-hydrogen) atoms. The van der Waals surface area contributed by atoms with E-state index in [1.807, 2.05) is 7.05 Å². The molecule has 50 valence electrons. The van der Waals surface area contributed by atoms with E-state index in [-0.39, 0.29) is 11.6 Å². The van der Waals surface area contributed by atoms with Crippen LogP contribution in [0.25, 0.3) is 0 Å². The summed E-state index contributed by atoms with van der Waals surface area (Å²) < 4.78 is 5.14. The van der Waals surface area contributed by atoms with E-state index < -0.39 is 0 Å². The molecule has 2 aliphatic rings. The van der Waals surface area contributed by atoms with Crippen molar-refractivity contribution >= 4 is 5.91 Å². The highest BCUT2D eigenvalue weighted by atomic mass is 16.6. The second-order valence-corrected chi connectivity index (χ2v) is 2.69. The molecule has 1 spiro atoms. The van der Waals surface area contributed by atoms with E-state index in [0.29, 0.717) is 6.42 Å². The van der Waals surface area contributed by atoms with Gasteiger partial charge in [-0.15, -0.1) is 0 Å². The fourth-order valence-corrected chi connectivity index (χ4v) is 1.29. The highest BCUT2D eigenvalue weighted by Gasteiger charge is 2.54. The molecule has 0 saturated carbocycles. The zero-order valence-electron chi connectivity index (χ0n) is 5.39. The quantitative estimate of drug-likeness (QED) is 0.428. The summed E-state index contributed by atoms with van der Waals surface area (Å²) in [5.41, 5.74) is -0.142. The molecule has 3 heteroatoms. The van der Waals surface area contributed by atoms with Crippen molar-refractivity contribution in [1.82, 2.24) is 4.90 Å². The second-order valence-electron chi connectivity index (χ2n) is 2.69. The van der Waals surface area contributed by atoms with Crippen LogP contribution in [0, 0.1) is 0 Å². The van der Waals surface area contributed by atoms with E-state index in [4.69, 9.17) is 4.74 Å². The standard InChI is InChI=1S/C6H9NO2/c1-7-5(8)2-3-6(7)4-9-6/h2-4H2,1H3. The normalized spacial score (nSPS) is 40.6. The van der Waals surface area contributed by atoms with Crippen LogP contribution in [0.1, 0.15) is 12.8 Å². The number of epoxide rings is 1. The Bertz CT molecular complexity index is 162. The molecule has 1 atom stereocenters. The van der Waals surface area contributed by atoms with Crippen molar-refractivity contribution in [3.8, 4) is 0 Å². The van der Waals surface area contributed by atoms with Crippen LogP contribution in [0.5, 0.6) is 0 Å². The first-order valence-corrected chi connectivity index (χ1v) is 3.15. The number of amides is 1. The summed E-state index contributed by atoms with van der Waals surface area (Å²) in [5, 5.41) is 0. The summed E-state index contributed by atoms with van der Waals surface area (Å²) in [7, 11) is 1.81. The zero-order valence-corrected chi connectivity index (χ0v) is 5.39. The van der Waals surface area contributed by atoms with E-state index >= 15 is 0 Å². The van der Waals surface area contributed by atoms with Gasteiger partial charge in [-0.05, 0) is 0 Å². The van der Waals surface area contributed by atoms with E-state index in [1.54, 1.807) is 4.90 Å². The molecule has 1 unspecified atom stereocenters. The number of ether oxygens (including phenoxy) is 1. The lowest BCUT2D eigenvalue weighted by Gasteiger charge is -2.13. The van der Waals surface area contributed by atoms with Gasteiger partial charge in [0.25, 0.3) is 0 Å². The molecule has 0 aliphatic carbocycles. The zero-order chi connectivity index (χ0) is 6.48. The summed E-state index contributed by atoms with van der Waals surface area (Å²) in [4.78, 5) is 12.6. The Labute approximate surface area is 53.6 Å². The van der Waals surface area contributed by atoms with Crippen LogP contribution in [0.3, 0.4) is 0 Å². The Morgan fingerprint density at radius 1 is 1.78 bits per heavy atom. The predicted octanol–water partition coefficient (Wildman–Crippen LogP) is -0.0349. The largest absolute Gasteiger partial charge is 0.348 e. The van der Waals surface area contributed by atoms with Gasteiger partial charge in [-0.2, -0.15) is 0 Å². The van der Waals surface area contributed by atoms with E-state index in [0.717, 1.165) is 13.0 Å². The molecular formula is C6H9NO2. The topological polar surface area (TPSA) is 32.8 Å². The molecule has 0 aromatic rings. The van der Waals surface area contributed by atoms with Gasteiger partial charge in [0.05, 0.1) is 6.61 Å². The molecule has 2 fully saturated rings. The smallest absolute Gasteiger partial charge is 0.224 e. The van der Waals surface area contributed by atoms with Crippen LogP contribution in [0.15, 0.2) is 0 Å². The van der Waals surface area contributed by atoms with Gasteiger partial charge in [0.1, 0.15) is 0 Å². The Kier molecular flexibility index (Phi) is 0.750. The number of rotatable bonds is 0. The number of hydrogen-bond donors (Lipinski definition) is 0. The number of carbonyl (C=O) groups is 1. The molecule has 3 nitrogen and oxygen atoms in total. The molecule has 2 saturated heterocycles. The summed E-state index contributed by atoms with van der Waals surface area (Å²) >= 11 is 0. The van der Waals surface area contributed by atoms with Crippen molar-refractivity contribution in [3.63, 3.8) is 0 Å². The van der Waals surface area contributed by atoms with E-state index in [1.165, 1.54) is 0 Å². The van der Waals surface area contributed by atoms with E-state index in [9.17, 15) is 4.79 Å². The maximum Gasteiger partial charge on any atom is 0.224 e. The third kappa shape index (κ3) is 0.525. The Balaban J connectivity index is 2.22. The van der Waals surface area contributed by atoms with Gasteiger partial charge in [-0.25, -0.2) is 0 Å². The van der Waals surface area contributed by atoms with Crippen LogP contribution in [0.2, 0.25) is 0 Å². The van der Waals surface area contributed by atoms with E-state index in [2.05, 4.69) is 0 Å². The molecule has 1 amide bonds. The lowest BCUT2D eigenvalue weighted by molar-refractivity contribution is -0.129. The van der Waals surface area contributed by atoms with Crippen LogP contribution >= 0.6 is 0 Å². The SMILES string of the molecule is CN1C(=O)CCC12CO2. The molecule has 2 rings (SSSR count). The first kappa shape index (κ1) is 5.23. The predicted molar refractivity (Wildman–Crippen MR) is 30.7 cm³/mol. The lowest BCUT2D eigenvalue weighted by Crippen LogP contribution is -2.31. The lowest BCUT2D eigenvalue weighted by atomic mass is 10.2. The highest BCUT2D eigenvalue weighted by molar-refractivity contribution is 5.79. The van der Waals surface area contributed by atoms with Crippen molar-refractivity contribution in [2.75, 3.05) is 13.7 Å². The number of carbonyl (C=O) groups excluding carboxylic acids is 1. The fraction of sp³-hybridized carbons (Fsp3) is 0.833. The number of nitrogens with zero attached hydrogens (tertiary/aromatic N) is 1.